The highest BCUT2D eigenvalue weighted by molar-refractivity contribution is 5.94. The van der Waals surface area contributed by atoms with Gasteiger partial charge in [0.05, 0.1) is 0 Å². The average Bonchev–Trinajstić information content (AvgIpc) is 2.66. The van der Waals surface area contributed by atoms with Crippen molar-refractivity contribution in [1.82, 2.24) is 15.2 Å². The summed E-state index contributed by atoms with van der Waals surface area (Å²) in [6, 6.07) is 10.2. The second-order valence-corrected chi connectivity index (χ2v) is 7.01. The number of carbonyl (C=O) groups excluding carboxylic acids is 1. The molecule has 2 atom stereocenters. The molecule has 2 aromatic rings. The minimum Gasteiger partial charge on any atom is -0.347 e. The van der Waals surface area contributed by atoms with Crippen molar-refractivity contribution in [3.63, 3.8) is 0 Å². The Balaban J connectivity index is 1.52. The van der Waals surface area contributed by atoms with Crippen LogP contribution >= 0.6 is 0 Å². The molecule has 25 heavy (non-hydrogen) atoms. The van der Waals surface area contributed by atoms with E-state index < -0.39 is 0 Å². The summed E-state index contributed by atoms with van der Waals surface area (Å²) in [4.78, 5) is 19.3. The Morgan fingerprint density at radius 2 is 1.96 bits per heavy atom. The van der Waals surface area contributed by atoms with Gasteiger partial charge in [-0.05, 0) is 74.2 Å². The molecule has 1 amide bonds. The van der Waals surface area contributed by atoms with Gasteiger partial charge in [-0.25, -0.2) is 4.39 Å². The fraction of sp³-hybridized carbons (Fsp3) is 0.400. The molecule has 0 spiro atoms. The molecule has 3 fully saturated rings. The highest BCUT2D eigenvalue weighted by Gasteiger charge is 2.42. The normalized spacial score (nSPS) is 27.9. The van der Waals surface area contributed by atoms with E-state index in [1.54, 1.807) is 18.3 Å². The van der Waals surface area contributed by atoms with Gasteiger partial charge in [-0.1, -0.05) is 6.07 Å². The minimum atomic E-state index is -0.325. The Morgan fingerprint density at radius 1 is 1.20 bits per heavy atom. The number of carbonyl (C=O) groups is 1. The summed E-state index contributed by atoms with van der Waals surface area (Å²) in [7, 11) is 0. The molecule has 0 aliphatic carbocycles. The summed E-state index contributed by atoms with van der Waals surface area (Å²) >= 11 is 0. The molecular formula is C20H22FN3O. The fourth-order valence-corrected chi connectivity index (χ4v) is 4.22. The van der Waals surface area contributed by atoms with Crippen LogP contribution in [0.4, 0.5) is 4.39 Å². The van der Waals surface area contributed by atoms with Crippen LogP contribution in [-0.4, -0.2) is 41.0 Å². The van der Waals surface area contributed by atoms with E-state index in [0.29, 0.717) is 17.5 Å². The maximum absolute atomic E-state index is 13.1. The minimum absolute atomic E-state index is 0.116. The van der Waals surface area contributed by atoms with E-state index in [1.165, 1.54) is 17.7 Å². The van der Waals surface area contributed by atoms with Gasteiger partial charge in [-0.15, -0.1) is 0 Å². The van der Waals surface area contributed by atoms with E-state index in [0.717, 1.165) is 32.4 Å². The number of hydrogen-bond acceptors (Lipinski definition) is 3. The second-order valence-electron chi connectivity index (χ2n) is 7.01. The summed E-state index contributed by atoms with van der Waals surface area (Å²) < 4.78 is 13.1. The smallest absolute Gasteiger partial charge is 0.251 e. The molecule has 1 aromatic carbocycles. The Labute approximate surface area is 147 Å². The van der Waals surface area contributed by atoms with E-state index in [2.05, 4.69) is 21.3 Å². The van der Waals surface area contributed by atoms with Crippen LogP contribution < -0.4 is 5.32 Å². The van der Waals surface area contributed by atoms with E-state index in [9.17, 15) is 9.18 Å². The molecule has 5 heteroatoms. The summed E-state index contributed by atoms with van der Waals surface area (Å²) in [5.74, 6) is 0.0693. The molecule has 1 aromatic heterocycles. The number of aromatic nitrogens is 1. The fourth-order valence-electron chi connectivity index (χ4n) is 4.22. The molecule has 0 saturated carbocycles. The Hall–Kier alpha value is -2.27. The van der Waals surface area contributed by atoms with Gasteiger partial charge in [0.25, 0.3) is 5.91 Å². The number of nitrogens with one attached hydrogen (secondary N) is 1. The van der Waals surface area contributed by atoms with E-state index >= 15 is 0 Å². The molecule has 4 heterocycles. The first-order chi connectivity index (χ1) is 12.2. The third-order valence-corrected chi connectivity index (χ3v) is 5.54. The number of halogens is 1. The van der Waals surface area contributed by atoms with E-state index in [-0.39, 0.29) is 17.8 Å². The van der Waals surface area contributed by atoms with Crippen molar-refractivity contribution in [3.8, 4) is 0 Å². The quantitative estimate of drug-likeness (QED) is 0.931. The Morgan fingerprint density at radius 3 is 2.64 bits per heavy atom. The molecule has 0 radical (unpaired) electrons. The number of nitrogens with zero attached hydrogens (tertiary/aromatic N) is 2. The SMILES string of the molecule is O=C(N[C@@H]1C2CCN(CC2)[C@H]1Cc1cccnc1)c1ccc(F)cc1. The third kappa shape index (κ3) is 3.42. The van der Waals surface area contributed by atoms with Crippen LogP contribution in [0.15, 0.2) is 48.8 Å². The van der Waals surface area contributed by atoms with Gasteiger partial charge in [-0.2, -0.15) is 0 Å². The molecule has 0 unspecified atom stereocenters. The molecule has 5 rings (SSSR count). The topological polar surface area (TPSA) is 45.2 Å². The number of hydrogen-bond donors (Lipinski definition) is 1. The lowest BCUT2D eigenvalue weighted by molar-refractivity contribution is 0.0136. The van der Waals surface area contributed by atoms with Crippen molar-refractivity contribution in [1.29, 1.82) is 0 Å². The van der Waals surface area contributed by atoms with Crippen LogP contribution in [0.3, 0.4) is 0 Å². The first kappa shape index (κ1) is 16.2. The zero-order chi connectivity index (χ0) is 17.2. The molecular weight excluding hydrogens is 317 g/mol. The average molecular weight is 339 g/mol. The van der Waals surface area contributed by atoms with Gasteiger partial charge in [0.2, 0.25) is 0 Å². The van der Waals surface area contributed by atoms with Gasteiger partial charge in [0.15, 0.2) is 0 Å². The summed E-state index contributed by atoms with van der Waals surface area (Å²) in [5.41, 5.74) is 1.71. The molecule has 130 valence electrons. The molecule has 2 bridgehead atoms. The van der Waals surface area contributed by atoms with Crippen LogP contribution in [0.1, 0.15) is 28.8 Å². The van der Waals surface area contributed by atoms with Gasteiger partial charge in [0.1, 0.15) is 5.82 Å². The lowest BCUT2D eigenvalue weighted by Gasteiger charge is -2.51. The van der Waals surface area contributed by atoms with E-state index in [1.807, 2.05) is 12.3 Å². The first-order valence-corrected chi connectivity index (χ1v) is 8.90. The van der Waals surface area contributed by atoms with Gasteiger partial charge in [-0.3, -0.25) is 14.7 Å². The van der Waals surface area contributed by atoms with Crippen molar-refractivity contribution in [2.24, 2.45) is 5.92 Å². The predicted octanol–water partition coefficient (Wildman–Crippen LogP) is 2.66. The number of fused-ring (bicyclic) bond motifs is 3. The van der Waals surface area contributed by atoms with Crippen molar-refractivity contribution < 1.29 is 9.18 Å². The van der Waals surface area contributed by atoms with Crippen molar-refractivity contribution >= 4 is 5.91 Å². The first-order valence-electron chi connectivity index (χ1n) is 8.90. The highest BCUT2D eigenvalue weighted by atomic mass is 19.1. The summed E-state index contributed by atoms with van der Waals surface area (Å²) in [5, 5.41) is 3.23. The van der Waals surface area contributed by atoms with Gasteiger partial charge >= 0.3 is 0 Å². The van der Waals surface area contributed by atoms with Crippen molar-refractivity contribution in [2.45, 2.75) is 31.3 Å². The maximum atomic E-state index is 13.1. The van der Waals surface area contributed by atoms with Crippen molar-refractivity contribution in [2.75, 3.05) is 13.1 Å². The second kappa shape index (κ2) is 6.92. The summed E-state index contributed by atoms with van der Waals surface area (Å²) in [6.45, 7) is 2.19. The van der Waals surface area contributed by atoms with E-state index in [4.69, 9.17) is 0 Å². The zero-order valence-corrected chi connectivity index (χ0v) is 14.1. The van der Waals surface area contributed by atoms with Crippen molar-refractivity contribution in [3.05, 3.63) is 65.7 Å². The largest absolute Gasteiger partial charge is 0.347 e. The molecule has 1 N–H and O–H groups in total. The van der Waals surface area contributed by atoms with Gasteiger partial charge in [0, 0.05) is 30.0 Å². The molecule has 4 nitrogen and oxygen atoms in total. The maximum Gasteiger partial charge on any atom is 0.251 e. The zero-order valence-electron chi connectivity index (χ0n) is 14.1. The van der Waals surface area contributed by atoms with Crippen LogP contribution in [0.25, 0.3) is 0 Å². The molecule has 3 aliphatic rings. The number of pyridine rings is 1. The lowest BCUT2D eigenvalue weighted by atomic mass is 9.76. The van der Waals surface area contributed by atoms with Gasteiger partial charge < -0.3 is 5.32 Å². The lowest BCUT2D eigenvalue weighted by Crippen LogP contribution is -2.64. The van der Waals surface area contributed by atoms with Crippen LogP contribution in [0, 0.1) is 11.7 Å². The Bertz CT molecular complexity index is 726. The monoisotopic (exact) mass is 339 g/mol. The summed E-state index contributed by atoms with van der Waals surface area (Å²) in [6.07, 6.45) is 6.82. The van der Waals surface area contributed by atoms with Crippen LogP contribution in [0.2, 0.25) is 0 Å². The number of rotatable bonds is 4. The highest BCUT2D eigenvalue weighted by Crippen LogP contribution is 2.34. The third-order valence-electron chi connectivity index (χ3n) is 5.54. The number of amides is 1. The predicted molar refractivity (Wildman–Crippen MR) is 93.7 cm³/mol. The Kier molecular flexibility index (Phi) is 4.49. The standard InChI is InChI=1S/C20H22FN3O/c21-17-5-3-16(4-6-17)20(25)23-19-15-7-10-24(11-8-15)18(19)12-14-2-1-9-22-13-14/h1-6,9,13,15,18-19H,7-8,10-12H2,(H,23,25)/t18-,19+/m0/s1. The number of benzene rings is 1. The van der Waals surface area contributed by atoms with Crippen LogP contribution in [-0.2, 0) is 6.42 Å². The van der Waals surface area contributed by atoms with Crippen LogP contribution in [0.5, 0.6) is 0 Å². The molecule has 3 aliphatic heterocycles. The number of piperidine rings is 3. The molecule has 3 saturated heterocycles.